The molecule has 9 heteroatoms. The van der Waals surface area contributed by atoms with Gasteiger partial charge in [0.05, 0.1) is 43.2 Å². The van der Waals surface area contributed by atoms with Crippen molar-refractivity contribution < 1.29 is 23.7 Å². The van der Waals surface area contributed by atoms with Crippen LogP contribution in [0.5, 0.6) is 17.2 Å². The Morgan fingerprint density at radius 2 is 1.86 bits per heavy atom. The minimum atomic E-state index is -0.723. The van der Waals surface area contributed by atoms with Gasteiger partial charge in [-0.05, 0) is 36.8 Å². The van der Waals surface area contributed by atoms with E-state index in [1.807, 2.05) is 24.3 Å². The van der Waals surface area contributed by atoms with Gasteiger partial charge < -0.3 is 18.9 Å². The molecule has 0 fully saturated rings. The zero-order chi connectivity index (χ0) is 25.8. The van der Waals surface area contributed by atoms with Gasteiger partial charge in [0.2, 0.25) is 0 Å². The lowest BCUT2D eigenvalue weighted by Gasteiger charge is -2.24. The van der Waals surface area contributed by atoms with Crippen LogP contribution < -0.4 is 29.1 Å². The molecule has 3 aromatic rings. The third-order valence-corrected chi connectivity index (χ3v) is 6.71. The van der Waals surface area contributed by atoms with Crippen LogP contribution in [0.2, 0.25) is 0 Å². The number of allylic oxidation sites excluding steroid dienone is 1. The molecule has 4 rings (SSSR count). The van der Waals surface area contributed by atoms with Crippen molar-refractivity contribution in [1.82, 2.24) is 4.57 Å². The van der Waals surface area contributed by atoms with Gasteiger partial charge in [-0.25, -0.2) is 9.79 Å². The van der Waals surface area contributed by atoms with E-state index in [0.717, 1.165) is 5.56 Å². The highest BCUT2D eigenvalue weighted by Gasteiger charge is 2.33. The Kier molecular flexibility index (Phi) is 7.40. The summed E-state index contributed by atoms with van der Waals surface area (Å²) in [5, 5.41) is 0. The highest BCUT2D eigenvalue weighted by atomic mass is 32.1. The van der Waals surface area contributed by atoms with Crippen molar-refractivity contribution in [2.24, 2.45) is 4.99 Å². The lowest BCUT2D eigenvalue weighted by molar-refractivity contribution is -0.138. The quantitative estimate of drug-likeness (QED) is 0.345. The van der Waals surface area contributed by atoms with E-state index in [-0.39, 0.29) is 12.2 Å². The average Bonchev–Trinajstić information content (AvgIpc) is 3.20. The summed E-state index contributed by atoms with van der Waals surface area (Å²) >= 11 is 1.24. The number of esters is 1. The molecule has 1 aliphatic heterocycles. The molecule has 2 heterocycles. The van der Waals surface area contributed by atoms with Gasteiger partial charge >= 0.3 is 5.97 Å². The highest BCUT2D eigenvalue weighted by molar-refractivity contribution is 7.07. The van der Waals surface area contributed by atoms with Gasteiger partial charge in [-0.3, -0.25) is 9.36 Å². The van der Waals surface area contributed by atoms with Crippen molar-refractivity contribution in [3.05, 3.63) is 97.2 Å². The lowest BCUT2D eigenvalue weighted by Crippen LogP contribution is -2.39. The SMILES string of the molecule is C=CCOC(=O)C1=C(C)N=c2s/c(=C\c3cccc(OC)c3OC)c(=O)n2C1c1ccc(OC)cc1. The van der Waals surface area contributed by atoms with Crippen molar-refractivity contribution in [1.29, 1.82) is 0 Å². The first-order chi connectivity index (χ1) is 17.4. The Bertz CT molecular complexity index is 1520. The molecule has 36 heavy (non-hydrogen) atoms. The second-order valence-electron chi connectivity index (χ2n) is 7.82. The summed E-state index contributed by atoms with van der Waals surface area (Å²) in [4.78, 5) is 31.9. The van der Waals surface area contributed by atoms with Crippen LogP contribution in [0.1, 0.15) is 24.1 Å². The van der Waals surface area contributed by atoms with Crippen molar-refractivity contribution in [2.45, 2.75) is 13.0 Å². The Balaban J connectivity index is 1.94. The molecule has 0 aliphatic carbocycles. The molecule has 0 saturated heterocycles. The molecule has 1 aliphatic rings. The molecular weight excluding hydrogens is 480 g/mol. The smallest absolute Gasteiger partial charge is 0.338 e. The number of hydrogen-bond donors (Lipinski definition) is 0. The second-order valence-corrected chi connectivity index (χ2v) is 8.83. The van der Waals surface area contributed by atoms with Crippen LogP contribution in [-0.2, 0) is 9.53 Å². The maximum atomic E-state index is 13.8. The van der Waals surface area contributed by atoms with E-state index in [0.29, 0.717) is 43.4 Å². The number of fused-ring (bicyclic) bond motifs is 1. The molecule has 0 bridgehead atoms. The maximum Gasteiger partial charge on any atom is 0.338 e. The Morgan fingerprint density at radius 3 is 2.50 bits per heavy atom. The highest BCUT2D eigenvalue weighted by Crippen LogP contribution is 2.33. The topological polar surface area (TPSA) is 88.4 Å². The largest absolute Gasteiger partial charge is 0.497 e. The van der Waals surface area contributed by atoms with Gasteiger partial charge in [-0.1, -0.05) is 48.3 Å². The fourth-order valence-corrected chi connectivity index (χ4v) is 5.10. The first-order valence-electron chi connectivity index (χ1n) is 11.1. The number of aromatic nitrogens is 1. The minimum Gasteiger partial charge on any atom is -0.497 e. The number of methoxy groups -OCH3 is 3. The van der Waals surface area contributed by atoms with Crippen LogP contribution in [0.4, 0.5) is 0 Å². The number of para-hydroxylation sites is 1. The van der Waals surface area contributed by atoms with E-state index >= 15 is 0 Å². The Morgan fingerprint density at radius 1 is 1.11 bits per heavy atom. The van der Waals surface area contributed by atoms with Gasteiger partial charge in [-0.15, -0.1) is 0 Å². The molecular formula is C27H26N2O6S. The summed E-state index contributed by atoms with van der Waals surface area (Å²) in [7, 11) is 4.68. The fraction of sp³-hybridized carbons (Fsp3) is 0.222. The van der Waals surface area contributed by atoms with Crippen LogP contribution in [-0.4, -0.2) is 38.5 Å². The zero-order valence-corrected chi connectivity index (χ0v) is 21.3. The van der Waals surface area contributed by atoms with Crippen LogP contribution in [0.3, 0.4) is 0 Å². The predicted molar refractivity (Wildman–Crippen MR) is 137 cm³/mol. The number of benzene rings is 2. The summed E-state index contributed by atoms with van der Waals surface area (Å²) < 4.78 is 23.5. The third-order valence-electron chi connectivity index (χ3n) is 5.73. The molecule has 2 aromatic carbocycles. The van der Waals surface area contributed by atoms with E-state index in [2.05, 4.69) is 11.6 Å². The normalized spacial score (nSPS) is 15.1. The minimum absolute atomic E-state index is 0.0466. The lowest BCUT2D eigenvalue weighted by atomic mass is 9.96. The van der Waals surface area contributed by atoms with Crippen molar-refractivity contribution in [2.75, 3.05) is 27.9 Å². The van der Waals surface area contributed by atoms with Gasteiger partial charge in [0.1, 0.15) is 12.4 Å². The first kappa shape index (κ1) is 25.0. The fourth-order valence-electron chi connectivity index (χ4n) is 4.06. The number of ether oxygens (including phenoxy) is 4. The molecule has 186 valence electrons. The van der Waals surface area contributed by atoms with E-state index in [1.54, 1.807) is 52.5 Å². The number of hydrogen-bond acceptors (Lipinski definition) is 8. The summed E-state index contributed by atoms with van der Waals surface area (Å²) in [6.07, 6.45) is 3.23. The maximum absolute atomic E-state index is 13.8. The standard InChI is InChI=1S/C27H26N2O6S/c1-6-14-35-26(31)22-16(2)28-27-29(23(22)17-10-12-19(32-3)13-11-17)25(30)21(36-27)15-18-8-7-9-20(33-4)24(18)34-5/h6-13,15,23H,1,14H2,2-5H3/b21-15-. The number of carbonyl (C=O) groups excluding carboxylic acids is 1. The second kappa shape index (κ2) is 10.7. The summed E-state index contributed by atoms with van der Waals surface area (Å²) in [6, 6.07) is 11.9. The van der Waals surface area contributed by atoms with E-state index < -0.39 is 12.0 Å². The van der Waals surface area contributed by atoms with Crippen LogP contribution in [0, 0.1) is 0 Å². The third kappa shape index (κ3) is 4.57. The summed E-state index contributed by atoms with van der Waals surface area (Å²) in [5.74, 6) is 1.18. The summed E-state index contributed by atoms with van der Waals surface area (Å²) in [5.41, 5.74) is 1.90. The van der Waals surface area contributed by atoms with Gasteiger partial charge in [0, 0.05) is 5.56 Å². The van der Waals surface area contributed by atoms with Crippen molar-refractivity contribution in [3.63, 3.8) is 0 Å². The first-order valence-corrected chi connectivity index (χ1v) is 11.9. The van der Waals surface area contributed by atoms with Crippen LogP contribution >= 0.6 is 11.3 Å². The molecule has 0 N–H and O–H groups in total. The number of nitrogens with zero attached hydrogens (tertiary/aromatic N) is 2. The Labute approximate surface area is 212 Å². The van der Waals surface area contributed by atoms with E-state index in [9.17, 15) is 9.59 Å². The molecule has 8 nitrogen and oxygen atoms in total. The van der Waals surface area contributed by atoms with Crippen LogP contribution in [0.25, 0.3) is 6.08 Å². The number of rotatable bonds is 8. The van der Waals surface area contributed by atoms with Crippen molar-refractivity contribution >= 4 is 23.4 Å². The number of carbonyl (C=O) groups is 1. The van der Waals surface area contributed by atoms with E-state index in [4.69, 9.17) is 18.9 Å². The molecule has 0 radical (unpaired) electrons. The molecule has 1 unspecified atom stereocenters. The summed E-state index contributed by atoms with van der Waals surface area (Å²) in [6.45, 7) is 5.39. The average molecular weight is 507 g/mol. The number of thiazole rings is 1. The van der Waals surface area contributed by atoms with Gasteiger partial charge in [-0.2, -0.15) is 0 Å². The van der Waals surface area contributed by atoms with Crippen LogP contribution in [0.15, 0.2) is 76.2 Å². The molecule has 0 amide bonds. The predicted octanol–water partition coefficient (Wildman–Crippen LogP) is 2.99. The molecule has 0 spiro atoms. The zero-order valence-electron chi connectivity index (χ0n) is 20.4. The van der Waals surface area contributed by atoms with E-state index in [1.165, 1.54) is 22.0 Å². The molecule has 1 atom stereocenters. The Hall–Kier alpha value is -4.11. The van der Waals surface area contributed by atoms with Gasteiger partial charge in [0.15, 0.2) is 16.3 Å². The van der Waals surface area contributed by atoms with Gasteiger partial charge in [0.25, 0.3) is 5.56 Å². The monoisotopic (exact) mass is 506 g/mol. The van der Waals surface area contributed by atoms with Crippen molar-refractivity contribution in [3.8, 4) is 17.2 Å². The molecule has 0 saturated carbocycles. The molecule has 1 aromatic heterocycles.